The molecule has 0 aromatic carbocycles. The number of allylic oxidation sites excluding steroid dienone is 1. The van der Waals surface area contributed by atoms with Crippen molar-refractivity contribution in [2.45, 2.75) is 12.8 Å². The first-order chi connectivity index (χ1) is 4.36. The van der Waals surface area contributed by atoms with Gasteiger partial charge in [-0.15, -0.1) is 0 Å². The highest BCUT2D eigenvalue weighted by Crippen LogP contribution is 2.45. The van der Waals surface area contributed by atoms with Crippen molar-refractivity contribution < 1.29 is 0 Å². The van der Waals surface area contributed by atoms with Crippen LogP contribution in [0.15, 0.2) is 11.1 Å². The Morgan fingerprint density at radius 3 is 3.00 bits per heavy atom. The first kappa shape index (κ1) is 6.07. The molecule has 9 heavy (non-hydrogen) atoms. The fourth-order valence-corrected chi connectivity index (χ4v) is 2.20. The number of hydrazine groups is 1. The second-order valence-electron chi connectivity index (χ2n) is 2.29. The molecule has 2 aliphatic rings. The smallest absolute Gasteiger partial charge is 0.0480 e. The molecule has 1 saturated carbocycles. The van der Waals surface area contributed by atoms with E-state index in [1.54, 1.807) is 11.9 Å². The summed E-state index contributed by atoms with van der Waals surface area (Å²) in [6, 6.07) is 0. The molecule has 50 valence electrons. The highest BCUT2D eigenvalue weighted by Gasteiger charge is 2.30. The minimum absolute atomic E-state index is 0.866. The Morgan fingerprint density at radius 1 is 1.78 bits per heavy atom. The van der Waals surface area contributed by atoms with Crippen molar-refractivity contribution in [1.82, 2.24) is 8.87 Å². The Labute approximate surface area is 67.1 Å². The van der Waals surface area contributed by atoms with Crippen LogP contribution in [0.4, 0.5) is 0 Å². The molecule has 1 aliphatic carbocycles. The second-order valence-corrected chi connectivity index (χ2v) is 4.48. The third-order valence-electron chi connectivity index (χ3n) is 1.47. The number of nitrogens with one attached hydrogen (secondary N) is 1. The summed E-state index contributed by atoms with van der Waals surface area (Å²) in [5.41, 5.74) is 3.04. The summed E-state index contributed by atoms with van der Waals surface area (Å²) in [6.45, 7) is 0. The molecule has 0 amide bonds. The average Bonchev–Trinajstić information content (AvgIpc) is 2.58. The molecule has 2 nitrogen and oxygen atoms in total. The van der Waals surface area contributed by atoms with Gasteiger partial charge in [-0.2, -0.15) is 0 Å². The molecular formula is C5H7BrN2S. The predicted molar refractivity (Wildman–Crippen MR) is 42.3 cm³/mol. The summed E-state index contributed by atoms with van der Waals surface area (Å²) in [6.07, 6.45) is 4.82. The summed E-state index contributed by atoms with van der Waals surface area (Å²) in [4.78, 5) is 1.46. The zero-order valence-electron chi connectivity index (χ0n) is 4.80. The van der Waals surface area contributed by atoms with E-state index in [4.69, 9.17) is 0 Å². The molecule has 0 radical (unpaired) electrons. The van der Waals surface area contributed by atoms with Crippen molar-refractivity contribution in [3.63, 3.8) is 0 Å². The van der Waals surface area contributed by atoms with Crippen molar-refractivity contribution in [3.05, 3.63) is 11.1 Å². The monoisotopic (exact) mass is 206 g/mol. The molecule has 0 aromatic heterocycles. The SMILES string of the molecule is BrN1NC=C(C2CC2)S1. The van der Waals surface area contributed by atoms with Crippen LogP contribution in [-0.2, 0) is 0 Å². The topological polar surface area (TPSA) is 15.3 Å². The van der Waals surface area contributed by atoms with Gasteiger partial charge >= 0.3 is 0 Å². The molecule has 1 heterocycles. The minimum atomic E-state index is 0.866. The molecular weight excluding hydrogens is 200 g/mol. The Balaban J connectivity index is 1.98. The van der Waals surface area contributed by atoms with Gasteiger partial charge in [0.2, 0.25) is 0 Å². The van der Waals surface area contributed by atoms with Gasteiger partial charge in [-0.05, 0) is 30.7 Å². The van der Waals surface area contributed by atoms with Crippen molar-refractivity contribution in [2.24, 2.45) is 5.92 Å². The quantitative estimate of drug-likeness (QED) is 0.523. The first-order valence-electron chi connectivity index (χ1n) is 2.96. The standard InChI is InChI=1S/C5H7BrN2S/c6-8-7-3-5(9-8)4-1-2-4/h3-4,7H,1-2H2. The van der Waals surface area contributed by atoms with Gasteiger partial charge in [0.15, 0.2) is 0 Å². The van der Waals surface area contributed by atoms with Gasteiger partial charge in [-0.1, -0.05) is 3.44 Å². The van der Waals surface area contributed by atoms with Crippen molar-refractivity contribution in [1.29, 1.82) is 0 Å². The lowest BCUT2D eigenvalue weighted by Gasteiger charge is -2.01. The summed E-state index contributed by atoms with van der Waals surface area (Å²) in [7, 11) is 0. The van der Waals surface area contributed by atoms with Crippen molar-refractivity contribution >= 4 is 28.1 Å². The van der Waals surface area contributed by atoms with E-state index in [0.717, 1.165) is 5.92 Å². The highest BCUT2D eigenvalue weighted by molar-refractivity contribution is 9.09. The lowest BCUT2D eigenvalue weighted by atomic mass is 10.4. The number of halogens is 1. The second kappa shape index (κ2) is 2.18. The van der Waals surface area contributed by atoms with E-state index in [2.05, 4.69) is 27.8 Å². The summed E-state index contributed by atoms with van der Waals surface area (Å²) in [5.74, 6) is 0.866. The third-order valence-corrected chi connectivity index (χ3v) is 3.04. The van der Waals surface area contributed by atoms with Crippen LogP contribution in [0.2, 0.25) is 0 Å². The van der Waals surface area contributed by atoms with E-state index in [1.165, 1.54) is 17.7 Å². The van der Waals surface area contributed by atoms with Crippen LogP contribution in [0.5, 0.6) is 0 Å². The third kappa shape index (κ3) is 1.25. The van der Waals surface area contributed by atoms with Crippen LogP contribution in [0.1, 0.15) is 12.8 Å². The normalized spacial score (nSPS) is 27.9. The Kier molecular flexibility index (Phi) is 1.47. The van der Waals surface area contributed by atoms with Crippen LogP contribution in [0, 0.1) is 5.92 Å². The van der Waals surface area contributed by atoms with Gasteiger partial charge in [0.05, 0.1) is 0 Å². The van der Waals surface area contributed by atoms with Crippen molar-refractivity contribution in [3.8, 4) is 0 Å². The molecule has 1 aliphatic heterocycles. The van der Waals surface area contributed by atoms with Gasteiger partial charge < -0.3 is 5.43 Å². The molecule has 1 N–H and O–H groups in total. The fourth-order valence-electron chi connectivity index (χ4n) is 0.820. The average molecular weight is 207 g/mol. The maximum atomic E-state index is 3.31. The predicted octanol–water partition coefficient (Wildman–Crippen LogP) is 2.02. The van der Waals surface area contributed by atoms with Gasteiger partial charge in [-0.25, -0.2) is 0 Å². The zero-order chi connectivity index (χ0) is 6.27. The maximum Gasteiger partial charge on any atom is 0.0480 e. The van der Waals surface area contributed by atoms with E-state index in [-0.39, 0.29) is 0 Å². The number of hydrogen-bond donors (Lipinski definition) is 1. The molecule has 0 atom stereocenters. The lowest BCUT2D eigenvalue weighted by molar-refractivity contribution is 0.687. The molecule has 0 aromatic rings. The van der Waals surface area contributed by atoms with E-state index in [1.807, 2.05) is 3.44 Å². The van der Waals surface area contributed by atoms with Crippen LogP contribution in [0.3, 0.4) is 0 Å². The van der Waals surface area contributed by atoms with Gasteiger partial charge in [0.25, 0.3) is 0 Å². The fraction of sp³-hybridized carbons (Fsp3) is 0.600. The first-order valence-corrected chi connectivity index (χ1v) is 4.44. The lowest BCUT2D eigenvalue weighted by Crippen LogP contribution is -2.09. The minimum Gasteiger partial charge on any atom is -0.305 e. The van der Waals surface area contributed by atoms with E-state index in [0.29, 0.717) is 0 Å². The van der Waals surface area contributed by atoms with Crippen molar-refractivity contribution in [2.75, 3.05) is 0 Å². The Hall–Kier alpha value is 0.330. The number of rotatable bonds is 1. The summed E-state index contributed by atoms with van der Waals surface area (Å²) in [5, 5.41) is 0. The molecule has 1 fully saturated rings. The summed E-state index contributed by atoms with van der Waals surface area (Å²) < 4.78 is 1.85. The molecule has 2 rings (SSSR count). The largest absolute Gasteiger partial charge is 0.305 e. The highest BCUT2D eigenvalue weighted by atomic mass is 79.9. The van der Waals surface area contributed by atoms with Crippen LogP contribution < -0.4 is 5.43 Å². The van der Waals surface area contributed by atoms with E-state index in [9.17, 15) is 0 Å². The van der Waals surface area contributed by atoms with E-state index >= 15 is 0 Å². The molecule has 4 heteroatoms. The van der Waals surface area contributed by atoms with Crippen LogP contribution in [-0.4, -0.2) is 3.44 Å². The number of nitrogens with zero attached hydrogens (tertiary/aromatic N) is 1. The molecule has 0 spiro atoms. The maximum absolute atomic E-state index is 3.31. The van der Waals surface area contributed by atoms with E-state index < -0.39 is 0 Å². The Bertz CT molecular complexity index is 155. The van der Waals surface area contributed by atoms with Gasteiger partial charge in [0.1, 0.15) is 0 Å². The van der Waals surface area contributed by atoms with Crippen LogP contribution in [0.25, 0.3) is 0 Å². The zero-order valence-corrected chi connectivity index (χ0v) is 7.20. The molecule has 0 unspecified atom stereocenters. The number of hydrogen-bond acceptors (Lipinski definition) is 3. The summed E-state index contributed by atoms with van der Waals surface area (Å²) >= 11 is 5.04. The molecule has 0 bridgehead atoms. The molecule has 0 saturated heterocycles. The van der Waals surface area contributed by atoms with Crippen LogP contribution >= 0.6 is 28.1 Å². The van der Waals surface area contributed by atoms with Gasteiger partial charge in [0, 0.05) is 27.3 Å². The Morgan fingerprint density at radius 2 is 2.56 bits per heavy atom. The van der Waals surface area contributed by atoms with Gasteiger partial charge in [-0.3, -0.25) is 0 Å².